The third-order valence-corrected chi connectivity index (χ3v) is 3.13. The minimum Gasteiger partial charge on any atom is -0.394 e. The predicted molar refractivity (Wildman–Crippen MR) is 69.0 cm³/mol. The van der Waals surface area contributed by atoms with Crippen molar-refractivity contribution in [2.75, 3.05) is 13.3 Å². The van der Waals surface area contributed by atoms with Crippen LogP contribution in [0.15, 0.2) is 15.0 Å². The van der Waals surface area contributed by atoms with Crippen LogP contribution in [0.2, 0.25) is 0 Å². The van der Waals surface area contributed by atoms with E-state index in [1.54, 1.807) is 6.92 Å². The van der Waals surface area contributed by atoms with Crippen LogP contribution >= 0.6 is 0 Å². The molecule has 3 rings (SSSR count). The number of aliphatic hydroxyl groups is 2. The van der Waals surface area contributed by atoms with E-state index in [0.29, 0.717) is 5.71 Å². The Morgan fingerprint density at radius 1 is 1.79 bits per heavy atom. The molecule has 1 fully saturated rings. The van der Waals surface area contributed by atoms with Gasteiger partial charge in [0.1, 0.15) is 31.0 Å². The lowest BCUT2D eigenvalue weighted by atomic mass is 10.1. The topological polar surface area (TPSA) is 116 Å². The summed E-state index contributed by atoms with van der Waals surface area (Å²) in [6, 6.07) is 0. The minimum atomic E-state index is -2.46. The van der Waals surface area contributed by atoms with Crippen LogP contribution in [0, 0.1) is 0 Å². The number of nitrogens with two attached hydrogens (primary N) is 1. The van der Waals surface area contributed by atoms with Crippen molar-refractivity contribution in [3.63, 3.8) is 0 Å². The zero-order chi connectivity index (χ0) is 16.3. The maximum absolute atomic E-state index is 9.98. The molecular weight excluding hydrogens is 250 g/mol. The second-order valence-corrected chi connectivity index (χ2v) is 4.65. The molecule has 0 radical (unpaired) electrons. The molecule has 0 amide bonds. The monoisotopic (exact) mass is 270 g/mol. The number of hydrogen-bond acceptors (Lipinski definition) is 8. The highest BCUT2D eigenvalue weighted by atomic mass is 16.5. The van der Waals surface area contributed by atoms with Crippen LogP contribution in [0.3, 0.4) is 0 Å². The summed E-state index contributed by atoms with van der Waals surface area (Å²) in [6.45, 7) is 0.913. The summed E-state index contributed by atoms with van der Waals surface area (Å²) >= 11 is 0. The fourth-order valence-electron chi connectivity index (χ4n) is 2.09. The Hall–Kier alpha value is -1.35. The quantitative estimate of drug-likeness (QED) is 0.552. The molecule has 0 aliphatic carbocycles. The molecule has 1 saturated heterocycles. The highest BCUT2D eigenvalue weighted by Gasteiger charge is 2.44. The molecule has 8 heteroatoms. The van der Waals surface area contributed by atoms with Gasteiger partial charge in [0.15, 0.2) is 11.5 Å². The molecule has 0 aromatic carbocycles. The van der Waals surface area contributed by atoms with Crippen molar-refractivity contribution >= 4 is 17.9 Å². The number of fused-ring (bicyclic) bond motifs is 1. The van der Waals surface area contributed by atoms with Gasteiger partial charge in [-0.1, -0.05) is 0 Å². The molecule has 4 atom stereocenters. The molecule has 4 N–H and O–H groups in total. The first-order chi connectivity index (χ1) is 10.1. The first-order valence-electron chi connectivity index (χ1n) is 7.35. The maximum Gasteiger partial charge on any atom is 0.159 e. The molecule has 0 bridgehead atoms. The Kier molecular flexibility index (Phi) is 2.18. The lowest BCUT2D eigenvalue weighted by molar-refractivity contribution is -0.0560. The fraction of sp³-hybridized carbons (Fsp3) is 0.727. The number of hydrogen-bond donors (Lipinski definition) is 3. The number of amidine groups is 1. The van der Waals surface area contributed by atoms with E-state index in [1.165, 1.54) is 11.2 Å². The molecule has 3 aliphatic rings. The smallest absolute Gasteiger partial charge is 0.159 e. The van der Waals surface area contributed by atoms with Crippen LogP contribution in [0.1, 0.15) is 17.4 Å². The molecule has 0 spiro atoms. The molecular formula is C11H17N5O3. The Labute approximate surface area is 114 Å². The van der Waals surface area contributed by atoms with Gasteiger partial charge in [-0.3, -0.25) is 4.99 Å². The van der Waals surface area contributed by atoms with Crippen molar-refractivity contribution in [1.82, 2.24) is 4.90 Å². The highest BCUT2D eigenvalue weighted by Crippen LogP contribution is 2.27. The largest absolute Gasteiger partial charge is 0.394 e. The van der Waals surface area contributed by atoms with Crippen molar-refractivity contribution in [1.29, 1.82) is 0 Å². The average Bonchev–Trinajstić information content (AvgIpc) is 2.95. The first-order valence-corrected chi connectivity index (χ1v) is 5.85. The normalized spacial score (nSPS) is 50.1. The lowest BCUT2D eigenvalue weighted by Gasteiger charge is -2.29. The van der Waals surface area contributed by atoms with E-state index >= 15 is 0 Å². The number of ether oxygens (including phenoxy) is 1. The number of nitrogens with zero attached hydrogens (tertiary/aromatic N) is 4. The number of aliphatic hydroxyl groups excluding tert-OH is 2. The molecule has 1 unspecified atom stereocenters. The van der Waals surface area contributed by atoms with Gasteiger partial charge in [0.25, 0.3) is 0 Å². The van der Waals surface area contributed by atoms with Gasteiger partial charge >= 0.3 is 0 Å². The van der Waals surface area contributed by atoms with Crippen LogP contribution in [-0.4, -0.2) is 70.3 Å². The zero-order valence-corrected chi connectivity index (χ0v) is 10.3. The molecule has 0 aromatic rings. The molecule has 19 heavy (non-hydrogen) atoms. The van der Waals surface area contributed by atoms with Gasteiger partial charge in [-0.25, -0.2) is 9.98 Å². The summed E-state index contributed by atoms with van der Waals surface area (Å²) < 4.78 is 29.8. The Morgan fingerprint density at radius 2 is 2.58 bits per heavy atom. The van der Waals surface area contributed by atoms with Crippen molar-refractivity contribution in [2.24, 2.45) is 20.7 Å². The van der Waals surface area contributed by atoms with E-state index in [0.717, 1.165) is 0 Å². The molecule has 8 nitrogen and oxygen atoms in total. The Bertz CT molecular complexity index is 594. The first kappa shape index (κ1) is 9.54. The van der Waals surface area contributed by atoms with Gasteiger partial charge in [0.05, 0.1) is 14.1 Å². The number of aliphatic imine (C=N–C) groups is 3. The van der Waals surface area contributed by atoms with E-state index in [1.807, 2.05) is 0 Å². The molecule has 104 valence electrons. The fourth-order valence-corrected chi connectivity index (χ4v) is 2.09. The summed E-state index contributed by atoms with van der Waals surface area (Å²) in [4.78, 5) is 13.4. The maximum atomic E-state index is 9.98. The van der Waals surface area contributed by atoms with Gasteiger partial charge < -0.3 is 25.6 Å². The van der Waals surface area contributed by atoms with Crippen LogP contribution in [-0.2, 0) is 4.74 Å². The molecule has 0 saturated carbocycles. The van der Waals surface area contributed by atoms with E-state index < -0.39 is 37.1 Å². The van der Waals surface area contributed by atoms with Crippen molar-refractivity contribution in [2.45, 2.75) is 37.4 Å². The lowest BCUT2D eigenvalue weighted by Crippen LogP contribution is -2.52. The Morgan fingerprint density at radius 3 is 3.26 bits per heavy atom. The van der Waals surface area contributed by atoms with Crippen molar-refractivity contribution in [3.05, 3.63) is 0 Å². The van der Waals surface area contributed by atoms with Crippen molar-refractivity contribution in [3.8, 4) is 0 Å². The second kappa shape index (κ2) is 4.34. The third-order valence-electron chi connectivity index (χ3n) is 3.13. The minimum absolute atomic E-state index is 0.0990. The van der Waals surface area contributed by atoms with E-state index in [4.69, 9.17) is 14.6 Å². The zero-order valence-electron chi connectivity index (χ0n) is 13.3. The summed E-state index contributed by atoms with van der Waals surface area (Å²) in [5.74, 6) is 0.185. The molecule has 3 aliphatic heterocycles. The van der Waals surface area contributed by atoms with Gasteiger partial charge in [0, 0.05) is 9.11 Å². The standard InChI is InChI=1S/C11H17N5O3/c1-11(12)9-10(13-4-15-11)16(5-14-9)8-2-6(18)7(3-17)19-8/h4,6-8,17-18H,2-3,5,12H2,1H3/t6-,7+,8+,11?/m0/s1/i2D2,8D. The van der Waals surface area contributed by atoms with Crippen LogP contribution in [0.4, 0.5) is 0 Å². The van der Waals surface area contributed by atoms with E-state index in [9.17, 15) is 10.2 Å². The SMILES string of the molecule is [2H]C1([2H])[C@H](O)[C@@H](CO)O[C@@]1([2H])N1CN=C2C1=NC=NC2(C)N. The number of rotatable bonds is 2. The Balaban J connectivity index is 1.99. The highest BCUT2D eigenvalue weighted by molar-refractivity contribution is 6.47. The van der Waals surface area contributed by atoms with Crippen LogP contribution in [0.5, 0.6) is 0 Å². The van der Waals surface area contributed by atoms with Gasteiger partial charge in [0.2, 0.25) is 0 Å². The molecule has 0 aromatic heterocycles. The van der Waals surface area contributed by atoms with E-state index in [2.05, 4.69) is 15.0 Å². The van der Waals surface area contributed by atoms with Gasteiger partial charge in [-0.15, -0.1) is 0 Å². The molecule has 3 heterocycles. The second-order valence-electron chi connectivity index (χ2n) is 4.65. The van der Waals surface area contributed by atoms with Gasteiger partial charge in [-0.05, 0) is 6.92 Å². The predicted octanol–water partition coefficient (Wildman–Crippen LogP) is -1.72. The van der Waals surface area contributed by atoms with Gasteiger partial charge in [-0.2, -0.15) is 0 Å². The average molecular weight is 270 g/mol. The third kappa shape index (κ3) is 1.96. The summed E-state index contributed by atoms with van der Waals surface area (Å²) in [6.07, 6.45) is -6.39. The van der Waals surface area contributed by atoms with Crippen LogP contribution < -0.4 is 5.73 Å². The van der Waals surface area contributed by atoms with Crippen molar-refractivity contribution < 1.29 is 19.1 Å². The summed E-state index contributed by atoms with van der Waals surface area (Å²) in [5.41, 5.74) is 5.19. The summed E-state index contributed by atoms with van der Waals surface area (Å²) in [7, 11) is 0. The summed E-state index contributed by atoms with van der Waals surface area (Å²) in [5, 5.41) is 19.2. The van der Waals surface area contributed by atoms with Crippen LogP contribution in [0.25, 0.3) is 0 Å². The van der Waals surface area contributed by atoms with E-state index in [-0.39, 0.29) is 12.5 Å².